The minimum absolute atomic E-state index is 0.105. The molecular weight excluding hydrogens is 1210 g/mol. The Labute approximate surface area is 562 Å². The van der Waals surface area contributed by atoms with Crippen molar-refractivity contribution in [3.05, 3.63) is 0 Å². The Balaban J connectivity index is 5.23. The lowest BCUT2D eigenvalue weighted by molar-refractivity contribution is -0.161. The Morgan fingerprint density at radius 2 is 0.457 bits per heavy atom. The average Bonchev–Trinajstić information content (AvgIpc) is 2.32. The van der Waals surface area contributed by atoms with E-state index in [2.05, 4.69) is 55.4 Å². The summed E-state index contributed by atoms with van der Waals surface area (Å²) in [6, 6.07) is 0. The van der Waals surface area contributed by atoms with E-state index in [1.54, 1.807) is 0 Å². The van der Waals surface area contributed by atoms with Gasteiger partial charge in [0.15, 0.2) is 12.2 Å². The van der Waals surface area contributed by atoms with E-state index < -0.39 is 97.5 Å². The number of hydrogen-bond donors (Lipinski definition) is 3. The maximum absolute atomic E-state index is 13.0. The molecule has 0 aromatic carbocycles. The first kappa shape index (κ1) is 90.1. The number of phosphoric ester groups is 2. The molecular formula is C73H142O17P2. The predicted molar refractivity (Wildman–Crippen MR) is 372 cm³/mol. The molecule has 0 radical (unpaired) electrons. The highest BCUT2D eigenvalue weighted by atomic mass is 31.2. The average molecular weight is 1350 g/mol. The molecule has 0 heterocycles. The van der Waals surface area contributed by atoms with Gasteiger partial charge in [0.1, 0.15) is 19.3 Å². The van der Waals surface area contributed by atoms with E-state index in [-0.39, 0.29) is 25.7 Å². The van der Waals surface area contributed by atoms with E-state index in [9.17, 15) is 43.2 Å². The van der Waals surface area contributed by atoms with Gasteiger partial charge in [-0.1, -0.05) is 312 Å². The summed E-state index contributed by atoms with van der Waals surface area (Å²) < 4.78 is 68.4. The third kappa shape index (κ3) is 66.7. The SMILES string of the molecule is CC(C)CCCCCCCCCCCCCCCC(=O)O[C@H](COC(=O)CCCCCCCCC(C)C)COP(=O)(O)OC[C@H](O)COP(=O)(O)OC[C@@H](COC(=O)CCCCCCCCCCCCCCC(C)C)OC(=O)CCCCCCCCCCCC(C)C. The Bertz CT molecular complexity index is 1820. The number of ether oxygens (including phenoxy) is 4. The van der Waals surface area contributed by atoms with Gasteiger partial charge in [-0.05, 0) is 49.4 Å². The number of unbranched alkanes of at least 4 members (excludes halogenated alkanes) is 36. The number of hydrogen-bond acceptors (Lipinski definition) is 15. The molecule has 0 aliphatic carbocycles. The molecule has 5 atom stereocenters. The highest BCUT2D eigenvalue weighted by molar-refractivity contribution is 7.47. The zero-order valence-corrected chi connectivity index (χ0v) is 62.0. The summed E-state index contributed by atoms with van der Waals surface area (Å²) in [6.45, 7) is 14.1. The van der Waals surface area contributed by atoms with Crippen LogP contribution in [0.15, 0.2) is 0 Å². The molecule has 0 saturated carbocycles. The fraction of sp³-hybridized carbons (Fsp3) is 0.945. The van der Waals surface area contributed by atoms with Gasteiger partial charge in [0, 0.05) is 25.7 Å². The summed E-state index contributed by atoms with van der Waals surface area (Å²) in [5.74, 6) is 0.857. The molecule has 0 spiro atoms. The van der Waals surface area contributed by atoms with Crippen molar-refractivity contribution in [2.45, 2.75) is 382 Å². The molecule has 17 nitrogen and oxygen atoms in total. The molecule has 0 aliphatic heterocycles. The Kier molecular flexibility index (Phi) is 61.3. The summed E-state index contributed by atoms with van der Waals surface area (Å²) in [4.78, 5) is 72.6. The Hall–Kier alpha value is -1.94. The summed E-state index contributed by atoms with van der Waals surface area (Å²) >= 11 is 0. The van der Waals surface area contributed by atoms with Crippen molar-refractivity contribution < 1.29 is 80.2 Å². The van der Waals surface area contributed by atoms with Gasteiger partial charge in [0.05, 0.1) is 26.4 Å². The Morgan fingerprint density at radius 3 is 0.674 bits per heavy atom. The number of phosphoric acid groups is 2. The highest BCUT2D eigenvalue weighted by Gasteiger charge is 2.30. The number of aliphatic hydroxyl groups is 1. The fourth-order valence-electron chi connectivity index (χ4n) is 11.0. The molecule has 3 N–H and O–H groups in total. The van der Waals surface area contributed by atoms with E-state index in [0.717, 1.165) is 114 Å². The molecule has 2 unspecified atom stereocenters. The molecule has 546 valence electrons. The van der Waals surface area contributed by atoms with E-state index in [1.165, 1.54) is 161 Å². The quantitative estimate of drug-likeness (QED) is 0.0222. The van der Waals surface area contributed by atoms with Gasteiger partial charge in [-0.3, -0.25) is 37.3 Å². The Morgan fingerprint density at radius 1 is 0.272 bits per heavy atom. The fourth-order valence-corrected chi connectivity index (χ4v) is 12.6. The van der Waals surface area contributed by atoms with Gasteiger partial charge in [0.25, 0.3) is 0 Å². The van der Waals surface area contributed by atoms with Gasteiger partial charge in [-0.15, -0.1) is 0 Å². The lowest BCUT2D eigenvalue weighted by Gasteiger charge is -2.21. The smallest absolute Gasteiger partial charge is 0.462 e. The van der Waals surface area contributed by atoms with E-state index in [0.29, 0.717) is 31.6 Å². The largest absolute Gasteiger partial charge is 0.472 e. The summed E-state index contributed by atoms with van der Waals surface area (Å²) in [7, 11) is -9.91. The third-order valence-electron chi connectivity index (χ3n) is 16.8. The highest BCUT2D eigenvalue weighted by Crippen LogP contribution is 2.45. The molecule has 0 fully saturated rings. The first-order valence-corrected chi connectivity index (χ1v) is 40.7. The topological polar surface area (TPSA) is 237 Å². The molecule has 0 bridgehead atoms. The van der Waals surface area contributed by atoms with Crippen LogP contribution >= 0.6 is 15.6 Å². The van der Waals surface area contributed by atoms with Gasteiger partial charge < -0.3 is 33.8 Å². The van der Waals surface area contributed by atoms with Gasteiger partial charge in [-0.25, -0.2) is 9.13 Å². The lowest BCUT2D eigenvalue weighted by Crippen LogP contribution is -2.30. The monoisotopic (exact) mass is 1350 g/mol. The van der Waals surface area contributed by atoms with Gasteiger partial charge in [-0.2, -0.15) is 0 Å². The van der Waals surface area contributed by atoms with Crippen molar-refractivity contribution in [3.63, 3.8) is 0 Å². The maximum atomic E-state index is 13.0. The van der Waals surface area contributed by atoms with Crippen LogP contribution in [0.25, 0.3) is 0 Å². The number of rotatable bonds is 70. The number of esters is 4. The molecule has 0 aromatic heterocycles. The molecule has 0 saturated heterocycles. The van der Waals surface area contributed by atoms with Crippen LogP contribution in [0, 0.1) is 23.7 Å². The predicted octanol–water partition coefficient (Wildman–Crippen LogP) is 20.9. The second-order valence-electron chi connectivity index (χ2n) is 28.2. The normalized spacial score (nSPS) is 14.2. The maximum Gasteiger partial charge on any atom is 0.472 e. The third-order valence-corrected chi connectivity index (χ3v) is 18.7. The first-order valence-electron chi connectivity index (χ1n) is 37.7. The van der Waals surface area contributed by atoms with Crippen LogP contribution in [-0.2, 0) is 65.4 Å². The van der Waals surface area contributed by atoms with Crippen LogP contribution in [0.2, 0.25) is 0 Å². The van der Waals surface area contributed by atoms with Crippen molar-refractivity contribution in [3.8, 4) is 0 Å². The van der Waals surface area contributed by atoms with Crippen LogP contribution in [0.1, 0.15) is 364 Å². The van der Waals surface area contributed by atoms with Crippen molar-refractivity contribution in [2.24, 2.45) is 23.7 Å². The van der Waals surface area contributed by atoms with Crippen LogP contribution in [0.4, 0.5) is 0 Å². The van der Waals surface area contributed by atoms with E-state index in [1.807, 2.05) is 0 Å². The zero-order valence-electron chi connectivity index (χ0n) is 60.2. The molecule has 0 aromatic rings. The molecule has 0 amide bonds. The van der Waals surface area contributed by atoms with Crippen LogP contribution in [0.5, 0.6) is 0 Å². The van der Waals surface area contributed by atoms with Gasteiger partial charge in [0.2, 0.25) is 0 Å². The van der Waals surface area contributed by atoms with Crippen LogP contribution in [0.3, 0.4) is 0 Å². The second-order valence-corrected chi connectivity index (χ2v) is 31.1. The minimum atomic E-state index is -4.95. The van der Waals surface area contributed by atoms with Crippen LogP contribution in [-0.4, -0.2) is 96.7 Å². The first-order chi connectivity index (χ1) is 44.1. The molecule has 92 heavy (non-hydrogen) atoms. The van der Waals surface area contributed by atoms with Crippen molar-refractivity contribution >= 4 is 39.5 Å². The molecule has 19 heteroatoms. The van der Waals surface area contributed by atoms with Crippen molar-refractivity contribution in [1.82, 2.24) is 0 Å². The summed E-state index contributed by atoms with van der Waals surface area (Å²) in [5, 5.41) is 10.6. The summed E-state index contributed by atoms with van der Waals surface area (Å²) in [6.07, 6.45) is 45.9. The zero-order chi connectivity index (χ0) is 68.2. The second kappa shape index (κ2) is 62.6. The number of carbonyl (C=O) groups is 4. The number of aliphatic hydroxyl groups excluding tert-OH is 1. The number of carbonyl (C=O) groups excluding carboxylic acids is 4. The van der Waals surface area contributed by atoms with Gasteiger partial charge >= 0.3 is 39.5 Å². The minimum Gasteiger partial charge on any atom is -0.462 e. The summed E-state index contributed by atoms with van der Waals surface area (Å²) in [5.41, 5.74) is 0. The lowest BCUT2D eigenvalue weighted by atomic mass is 10.0. The van der Waals surface area contributed by atoms with Crippen molar-refractivity contribution in [2.75, 3.05) is 39.6 Å². The van der Waals surface area contributed by atoms with Crippen molar-refractivity contribution in [1.29, 1.82) is 0 Å². The standard InChI is InChI=1S/C73H142O17P2/c1-63(2)49-41-33-25-19-14-10-9-11-17-23-29-39-47-55-72(77)90-69(60-84-71(76)54-46-38-32-31-36-44-52-66(7)8)62-88-92(81,82)86-58-67(74)57-85-91(79,80)87-61-68(89-73(78)56-48-40-30-24-18-21-27-35-43-51-65(5)6)59-83-70(75)53-45-37-28-22-16-13-12-15-20-26-34-42-50-64(3)4/h63-69,74H,9-62H2,1-8H3,(H,79,80)(H,81,82)/t67-,68-,69-/m1/s1. The van der Waals surface area contributed by atoms with E-state index >= 15 is 0 Å². The molecule has 0 rings (SSSR count). The van der Waals surface area contributed by atoms with E-state index in [4.69, 9.17) is 37.0 Å². The molecule has 0 aliphatic rings. The van der Waals surface area contributed by atoms with Crippen LogP contribution < -0.4 is 0 Å².